The molecule has 1 aliphatic heterocycles. The number of carboxylic acids is 1. The molecule has 1 saturated heterocycles. The van der Waals surface area contributed by atoms with Crippen molar-refractivity contribution < 1.29 is 19.5 Å². The van der Waals surface area contributed by atoms with Gasteiger partial charge < -0.3 is 10.4 Å². The van der Waals surface area contributed by atoms with E-state index in [4.69, 9.17) is 5.11 Å². The highest BCUT2D eigenvalue weighted by molar-refractivity contribution is 6.06. The quantitative estimate of drug-likeness (QED) is 0.564. The van der Waals surface area contributed by atoms with Gasteiger partial charge in [0, 0.05) is 0 Å². The molecule has 13 heavy (non-hydrogen) atoms. The van der Waals surface area contributed by atoms with Crippen molar-refractivity contribution in [2.45, 2.75) is 25.9 Å². The van der Waals surface area contributed by atoms with Crippen molar-refractivity contribution in [3.8, 4) is 0 Å². The lowest BCUT2D eigenvalue weighted by molar-refractivity contribution is -0.145. The Morgan fingerprint density at radius 2 is 2.15 bits per heavy atom. The van der Waals surface area contributed by atoms with Crippen LogP contribution in [0.15, 0.2) is 0 Å². The van der Waals surface area contributed by atoms with Gasteiger partial charge in [0.05, 0.1) is 0 Å². The Balaban J connectivity index is 2.86. The van der Waals surface area contributed by atoms with Crippen molar-refractivity contribution in [1.82, 2.24) is 10.2 Å². The Labute approximate surface area is 74.5 Å². The maximum Gasteiger partial charge on any atom is 0.326 e. The molecule has 1 unspecified atom stereocenters. The van der Waals surface area contributed by atoms with Gasteiger partial charge in [-0.25, -0.2) is 14.5 Å². The normalized spacial score (nSPS) is 24.5. The van der Waals surface area contributed by atoms with Crippen LogP contribution < -0.4 is 5.32 Å². The Morgan fingerprint density at radius 3 is 2.46 bits per heavy atom. The lowest BCUT2D eigenvalue weighted by Gasteiger charge is -2.16. The number of nitrogens with zero attached hydrogens (tertiary/aromatic N) is 1. The fourth-order valence-electron chi connectivity index (χ4n) is 1.10. The fraction of sp³-hybridized carbons (Fsp3) is 0.571. The van der Waals surface area contributed by atoms with E-state index in [1.165, 1.54) is 13.8 Å². The zero-order chi connectivity index (χ0) is 10.2. The molecule has 0 aromatic carbocycles. The molecule has 0 saturated carbocycles. The Hall–Kier alpha value is -1.59. The average Bonchev–Trinajstić information content (AvgIpc) is 2.26. The molecule has 1 heterocycles. The lowest BCUT2D eigenvalue weighted by Crippen LogP contribution is -2.43. The lowest BCUT2D eigenvalue weighted by atomic mass is 10.2. The van der Waals surface area contributed by atoms with Crippen molar-refractivity contribution in [3.05, 3.63) is 0 Å². The zero-order valence-electron chi connectivity index (χ0n) is 7.27. The van der Waals surface area contributed by atoms with Crippen LogP contribution in [0.4, 0.5) is 4.79 Å². The number of nitrogens with one attached hydrogen (secondary N) is 1. The summed E-state index contributed by atoms with van der Waals surface area (Å²) in [4.78, 5) is 33.5. The van der Waals surface area contributed by atoms with Gasteiger partial charge in [-0.2, -0.15) is 0 Å². The van der Waals surface area contributed by atoms with Crippen molar-refractivity contribution in [1.29, 1.82) is 0 Å². The first-order valence-electron chi connectivity index (χ1n) is 3.81. The zero-order valence-corrected chi connectivity index (χ0v) is 7.27. The van der Waals surface area contributed by atoms with E-state index in [2.05, 4.69) is 5.32 Å². The Kier molecular flexibility index (Phi) is 2.22. The van der Waals surface area contributed by atoms with Crippen LogP contribution in [0.1, 0.15) is 13.8 Å². The number of carboxylic acid groups (broad SMARTS) is 1. The second-order valence-corrected chi connectivity index (χ2v) is 2.89. The predicted molar refractivity (Wildman–Crippen MR) is 41.9 cm³/mol. The number of urea groups is 1. The summed E-state index contributed by atoms with van der Waals surface area (Å²) in [5, 5.41) is 10.9. The number of carbonyl (C=O) groups excluding carboxylic acids is 2. The minimum absolute atomic E-state index is 0.500. The molecule has 0 aromatic rings. The molecule has 1 aliphatic rings. The molecule has 0 bridgehead atoms. The molecule has 1 fully saturated rings. The molecule has 0 aromatic heterocycles. The molecule has 0 spiro atoms. The summed E-state index contributed by atoms with van der Waals surface area (Å²) in [6.07, 6.45) is 0. The molecule has 0 radical (unpaired) electrons. The van der Waals surface area contributed by atoms with Crippen LogP contribution in [0.3, 0.4) is 0 Å². The molecule has 6 nitrogen and oxygen atoms in total. The molecule has 1 rings (SSSR count). The van der Waals surface area contributed by atoms with Gasteiger partial charge in [0.15, 0.2) is 0 Å². The Bertz CT molecular complexity index is 276. The van der Waals surface area contributed by atoms with Crippen LogP contribution in [0.2, 0.25) is 0 Å². The monoisotopic (exact) mass is 186 g/mol. The smallest absolute Gasteiger partial charge is 0.326 e. The highest BCUT2D eigenvalue weighted by Crippen LogP contribution is 2.10. The van der Waals surface area contributed by atoms with Gasteiger partial charge in [0.2, 0.25) is 0 Å². The average molecular weight is 186 g/mol. The van der Waals surface area contributed by atoms with E-state index in [-0.39, 0.29) is 0 Å². The fourth-order valence-corrected chi connectivity index (χ4v) is 1.10. The first-order chi connectivity index (χ1) is 5.95. The minimum atomic E-state index is -1.20. The largest absolute Gasteiger partial charge is 0.480 e. The van der Waals surface area contributed by atoms with Gasteiger partial charge in [-0.1, -0.05) is 0 Å². The molecule has 2 atom stereocenters. The van der Waals surface area contributed by atoms with E-state index in [0.717, 1.165) is 0 Å². The highest BCUT2D eigenvalue weighted by atomic mass is 16.4. The first kappa shape index (κ1) is 9.50. The van der Waals surface area contributed by atoms with Crippen molar-refractivity contribution in [2.24, 2.45) is 0 Å². The van der Waals surface area contributed by atoms with Crippen molar-refractivity contribution in [3.63, 3.8) is 0 Å². The summed E-state index contributed by atoms with van der Waals surface area (Å²) in [5.74, 6) is -1.70. The van der Waals surface area contributed by atoms with Crippen LogP contribution in [-0.4, -0.2) is 40.0 Å². The number of imide groups is 1. The van der Waals surface area contributed by atoms with E-state index >= 15 is 0 Å². The molecule has 6 heteroatoms. The summed E-state index contributed by atoms with van der Waals surface area (Å²) >= 11 is 0. The SMILES string of the molecule is CC1NC(=O)N([C@@H](C)C(=O)O)C1=O. The molecule has 0 aliphatic carbocycles. The number of aliphatic carboxylic acids is 1. The summed E-state index contributed by atoms with van der Waals surface area (Å²) in [6.45, 7) is 2.80. The van der Waals surface area contributed by atoms with Gasteiger partial charge >= 0.3 is 12.0 Å². The van der Waals surface area contributed by atoms with E-state index in [9.17, 15) is 14.4 Å². The van der Waals surface area contributed by atoms with E-state index in [1.54, 1.807) is 0 Å². The van der Waals surface area contributed by atoms with Crippen molar-refractivity contribution >= 4 is 17.9 Å². The van der Waals surface area contributed by atoms with E-state index < -0.39 is 30.0 Å². The van der Waals surface area contributed by atoms with Gasteiger partial charge in [0.25, 0.3) is 5.91 Å². The van der Waals surface area contributed by atoms with E-state index in [0.29, 0.717) is 4.90 Å². The third-order valence-corrected chi connectivity index (χ3v) is 1.91. The van der Waals surface area contributed by atoms with E-state index in [1.807, 2.05) is 0 Å². The summed E-state index contributed by atoms with van der Waals surface area (Å²) in [7, 11) is 0. The second-order valence-electron chi connectivity index (χ2n) is 2.89. The van der Waals surface area contributed by atoms with Crippen molar-refractivity contribution in [2.75, 3.05) is 0 Å². The predicted octanol–water partition coefficient (Wildman–Crippen LogP) is -0.600. The van der Waals surface area contributed by atoms with Crippen LogP contribution in [-0.2, 0) is 9.59 Å². The molecular weight excluding hydrogens is 176 g/mol. The van der Waals surface area contributed by atoms with Crippen LogP contribution in [0, 0.1) is 0 Å². The van der Waals surface area contributed by atoms with Gasteiger partial charge in [-0.05, 0) is 13.8 Å². The molecule has 2 N–H and O–H groups in total. The standard InChI is InChI=1S/C7H10N2O4/c1-3-5(10)9(7(13)8-3)4(2)6(11)12/h3-4H,1-2H3,(H,8,13)(H,11,12)/t3?,4-/m0/s1. The topological polar surface area (TPSA) is 86.7 Å². The molecule has 3 amide bonds. The number of carbonyl (C=O) groups is 3. The summed E-state index contributed by atoms with van der Waals surface area (Å²) < 4.78 is 0. The highest BCUT2D eigenvalue weighted by Gasteiger charge is 2.40. The van der Waals surface area contributed by atoms with Gasteiger partial charge in [-0.15, -0.1) is 0 Å². The van der Waals surface area contributed by atoms with Gasteiger partial charge in [0.1, 0.15) is 12.1 Å². The van der Waals surface area contributed by atoms with Gasteiger partial charge in [-0.3, -0.25) is 4.79 Å². The number of rotatable bonds is 2. The minimum Gasteiger partial charge on any atom is -0.480 e. The number of amides is 3. The maximum atomic E-state index is 11.2. The van der Waals surface area contributed by atoms with Crippen LogP contribution >= 0.6 is 0 Å². The summed E-state index contributed by atoms with van der Waals surface area (Å²) in [6, 6.07) is -2.39. The van der Waals surface area contributed by atoms with Crippen LogP contribution in [0.25, 0.3) is 0 Å². The van der Waals surface area contributed by atoms with Crippen LogP contribution in [0.5, 0.6) is 0 Å². The Morgan fingerprint density at radius 1 is 1.62 bits per heavy atom. The third kappa shape index (κ3) is 1.47. The number of hydrogen-bond donors (Lipinski definition) is 2. The maximum absolute atomic E-state index is 11.2. The second kappa shape index (κ2) is 3.04. The third-order valence-electron chi connectivity index (χ3n) is 1.91. The summed E-state index contributed by atoms with van der Waals surface area (Å²) in [5.41, 5.74) is 0. The first-order valence-corrected chi connectivity index (χ1v) is 3.81. The molecule has 72 valence electrons. The molecular formula is C7H10N2O4. The number of hydrogen-bond acceptors (Lipinski definition) is 3.